The predicted molar refractivity (Wildman–Crippen MR) is 101 cm³/mol. The van der Waals surface area contributed by atoms with Crippen LogP contribution in [0.1, 0.15) is 26.3 Å². The van der Waals surface area contributed by atoms with E-state index >= 15 is 0 Å². The molecule has 0 heterocycles. The van der Waals surface area contributed by atoms with Crippen LogP contribution in [-0.2, 0) is 20.7 Å². The number of hydrogen-bond acceptors (Lipinski definition) is 4. The number of benzene rings is 2. The van der Waals surface area contributed by atoms with Crippen molar-refractivity contribution >= 4 is 12.1 Å². The Balaban J connectivity index is 2.10. The second-order valence-corrected chi connectivity index (χ2v) is 7.13. The molecule has 0 saturated carbocycles. The highest BCUT2D eigenvalue weighted by molar-refractivity contribution is 5.81. The number of hydrogen-bond donors (Lipinski definition) is 1. The SMILES string of the molecule is COC(=O)[C@H](Cc1ccc(-c2cccc(F)c2)cc1)NC(=O)OC(C)(C)C. The molecule has 1 amide bonds. The number of methoxy groups -OCH3 is 1. The van der Waals surface area contributed by atoms with Gasteiger partial charge in [0.2, 0.25) is 0 Å². The molecular weight excluding hydrogens is 349 g/mol. The van der Waals surface area contributed by atoms with E-state index in [4.69, 9.17) is 9.47 Å². The second kappa shape index (κ2) is 8.66. The zero-order valence-electron chi connectivity index (χ0n) is 15.9. The van der Waals surface area contributed by atoms with Crippen molar-refractivity contribution in [1.82, 2.24) is 5.32 Å². The fraction of sp³-hybridized carbons (Fsp3) is 0.333. The number of halogens is 1. The van der Waals surface area contributed by atoms with Crippen molar-refractivity contribution in [2.24, 2.45) is 0 Å². The molecule has 0 radical (unpaired) electrons. The highest BCUT2D eigenvalue weighted by Crippen LogP contribution is 2.21. The standard InChI is InChI=1S/C21H24FNO4/c1-21(2,3)27-20(25)23-18(19(24)26-4)12-14-8-10-15(11-9-14)16-6-5-7-17(22)13-16/h5-11,13,18H,12H2,1-4H3,(H,23,25)/t18-/m0/s1. The number of carbonyl (C=O) groups excluding carboxylic acids is 2. The fourth-order valence-electron chi connectivity index (χ4n) is 2.52. The van der Waals surface area contributed by atoms with Crippen LogP contribution in [0.15, 0.2) is 48.5 Å². The van der Waals surface area contributed by atoms with Crippen LogP contribution in [0.4, 0.5) is 9.18 Å². The molecule has 0 saturated heterocycles. The zero-order valence-corrected chi connectivity index (χ0v) is 15.9. The first kappa shape index (κ1) is 20.4. The highest BCUT2D eigenvalue weighted by atomic mass is 19.1. The van der Waals surface area contributed by atoms with E-state index in [9.17, 15) is 14.0 Å². The van der Waals surface area contributed by atoms with Crippen LogP contribution in [0, 0.1) is 5.82 Å². The molecular formula is C21H24FNO4. The van der Waals surface area contributed by atoms with Gasteiger partial charge in [-0.3, -0.25) is 0 Å². The summed E-state index contributed by atoms with van der Waals surface area (Å²) < 4.78 is 23.3. The molecule has 27 heavy (non-hydrogen) atoms. The molecule has 2 rings (SSSR count). The van der Waals surface area contributed by atoms with Gasteiger partial charge >= 0.3 is 12.1 Å². The van der Waals surface area contributed by atoms with Gasteiger partial charge in [0, 0.05) is 6.42 Å². The van der Waals surface area contributed by atoms with Gasteiger partial charge in [0.05, 0.1) is 7.11 Å². The Morgan fingerprint density at radius 1 is 1.07 bits per heavy atom. The fourth-order valence-corrected chi connectivity index (χ4v) is 2.52. The van der Waals surface area contributed by atoms with Crippen LogP contribution in [0.25, 0.3) is 11.1 Å². The third-order valence-electron chi connectivity index (χ3n) is 3.73. The second-order valence-electron chi connectivity index (χ2n) is 7.13. The quantitative estimate of drug-likeness (QED) is 0.802. The molecule has 2 aromatic carbocycles. The van der Waals surface area contributed by atoms with Crippen molar-refractivity contribution < 1.29 is 23.5 Å². The molecule has 0 bridgehead atoms. The van der Waals surface area contributed by atoms with Crippen LogP contribution in [-0.4, -0.2) is 30.8 Å². The van der Waals surface area contributed by atoms with Crippen molar-refractivity contribution in [3.63, 3.8) is 0 Å². The van der Waals surface area contributed by atoms with Gasteiger partial charge in [-0.05, 0) is 49.6 Å². The Labute approximate surface area is 158 Å². The highest BCUT2D eigenvalue weighted by Gasteiger charge is 2.25. The lowest BCUT2D eigenvalue weighted by atomic mass is 10.0. The number of carbonyl (C=O) groups is 2. The summed E-state index contributed by atoms with van der Waals surface area (Å²) in [7, 11) is 1.26. The first-order valence-electron chi connectivity index (χ1n) is 8.60. The van der Waals surface area contributed by atoms with E-state index in [0.717, 1.165) is 16.7 Å². The minimum Gasteiger partial charge on any atom is -0.467 e. The molecule has 0 aromatic heterocycles. The van der Waals surface area contributed by atoms with Crippen molar-refractivity contribution in [2.75, 3.05) is 7.11 Å². The molecule has 0 aliphatic heterocycles. The number of alkyl carbamates (subject to hydrolysis) is 1. The molecule has 2 aromatic rings. The summed E-state index contributed by atoms with van der Waals surface area (Å²) in [6.07, 6.45) is -0.440. The maximum absolute atomic E-state index is 13.4. The molecule has 0 unspecified atom stereocenters. The van der Waals surface area contributed by atoms with Gasteiger partial charge in [-0.25, -0.2) is 14.0 Å². The summed E-state index contributed by atoms with van der Waals surface area (Å²) in [6, 6.07) is 12.8. The number of amides is 1. The van der Waals surface area contributed by atoms with Crippen molar-refractivity contribution in [1.29, 1.82) is 0 Å². The largest absolute Gasteiger partial charge is 0.467 e. The van der Waals surface area contributed by atoms with E-state index in [1.807, 2.05) is 30.3 Å². The molecule has 1 N–H and O–H groups in total. The molecule has 0 fully saturated rings. The Kier molecular flexibility index (Phi) is 6.55. The molecule has 6 heteroatoms. The Hall–Kier alpha value is -2.89. The zero-order chi connectivity index (χ0) is 20.0. The van der Waals surface area contributed by atoms with Crippen molar-refractivity contribution in [3.8, 4) is 11.1 Å². The van der Waals surface area contributed by atoms with Crippen LogP contribution >= 0.6 is 0 Å². The smallest absolute Gasteiger partial charge is 0.408 e. The molecule has 0 aliphatic rings. The third-order valence-corrected chi connectivity index (χ3v) is 3.73. The summed E-state index contributed by atoms with van der Waals surface area (Å²) in [5.74, 6) is -0.862. The molecule has 1 atom stereocenters. The lowest BCUT2D eigenvalue weighted by Crippen LogP contribution is -2.45. The molecule has 0 spiro atoms. The summed E-state index contributed by atoms with van der Waals surface area (Å²) >= 11 is 0. The topological polar surface area (TPSA) is 64.6 Å². The van der Waals surface area contributed by atoms with Gasteiger partial charge in [-0.1, -0.05) is 36.4 Å². The molecule has 5 nitrogen and oxygen atoms in total. The molecule has 144 valence electrons. The third kappa shape index (κ3) is 6.40. The van der Waals surface area contributed by atoms with Crippen LogP contribution in [0.2, 0.25) is 0 Å². The summed E-state index contributed by atoms with van der Waals surface area (Å²) in [6.45, 7) is 5.22. The normalized spacial score (nSPS) is 12.2. The average Bonchev–Trinajstić information content (AvgIpc) is 2.59. The van der Waals surface area contributed by atoms with E-state index in [-0.39, 0.29) is 12.2 Å². The van der Waals surface area contributed by atoms with Gasteiger partial charge in [0.1, 0.15) is 17.5 Å². The lowest BCUT2D eigenvalue weighted by Gasteiger charge is -2.22. The van der Waals surface area contributed by atoms with Gasteiger partial charge in [-0.15, -0.1) is 0 Å². The number of esters is 1. The first-order valence-corrected chi connectivity index (χ1v) is 8.60. The van der Waals surface area contributed by atoms with Crippen LogP contribution < -0.4 is 5.32 Å². The summed E-state index contributed by atoms with van der Waals surface area (Å²) in [5, 5.41) is 2.54. The minimum atomic E-state index is -0.870. The van der Waals surface area contributed by atoms with E-state index < -0.39 is 23.7 Å². The molecule has 0 aliphatic carbocycles. The summed E-state index contributed by atoms with van der Waals surface area (Å²) in [5.41, 5.74) is 1.77. The first-order chi connectivity index (χ1) is 12.7. The minimum absolute atomic E-state index is 0.245. The summed E-state index contributed by atoms with van der Waals surface area (Å²) in [4.78, 5) is 24.0. The van der Waals surface area contributed by atoms with E-state index in [1.165, 1.54) is 19.2 Å². The Bertz CT molecular complexity index is 797. The maximum atomic E-state index is 13.4. The van der Waals surface area contributed by atoms with E-state index in [2.05, 4.69) is 5.32 Å². The van der Waals surface area contributed by atoms with Gasteiger partial charge in [0.25, 0.3) is 0 Å². The average molecular weight is 373 g/mol. The Morgan fingerprint density at radius 2 is 1.74 bits per heavy atom. The van der Waals surface area contributed by atoms with Gasteiger partial charge in [0.15, 0.2) is 0 Å². The van der Waals surface area contributed by atoms with E-state index in [0.29, 0.717) is 0 Å². The number of ether oxygens (including phenoxy) is 2. The monoisotopic (exact) mass is 373 g/mol. The van der Waals surface area contributed by atoms with Crippen molar-refractivity contribution in [2.45, 2.75) is 38.8 Å². The number of nitrogens with one attached hydrogen (secondary N) is 1. The van der Waals surface area contributed by atoms with Crippen LogP contribution in [0.3, 0.4) is 0 Å². The predicted octanol–water partition coefficient (Wildman–Crippen LogP) is 4.10. The Morgan fingerprint density at radius 3 is 2.30 bits per heavy atom. The van der Waals surface area contributed by atoms with Gasteiger partial charge < -0.3 is 14.8 Å². The van der Waals surface area contributed by atoms with Crippen LogP contribution in [0.5, 0.6) is 0 Å². The maximum Gasteiger partial charge on any atom is 0.408 e. The number of rotatable bonds is 5. The van der Waals surface area contributed by atoms with E-state index in [1.54, 1.807) is 26.8 Å². The van der Waals surface area contributed by atoms with Crippen molar-refractivity contribution in [3.05, 3.63) is 59.9 Å². The van der Waals surface area contributed by atoms with Gasteiger partial charge in [-0.2, -0.15) is 0 Å². The lowest BCUT2D eigenvalue weighted by molar-refractivity contribution is -0.143.